The number of hydrogen-bond donors (Lipinski definition) is 3. The van der Waals surface area contributed by atoms with Gasteiger partial charge in [-0.25, -0.2) is 18.4 Å². The minimum atomic E-state index is -3.43. The van der Waals surface area contributed by atoms with Crippen LogP contribution in [0.15, 0.2) is 65.7 Å². The van der Waals surface area contributed by atoms with Gasteiger partial charge in [-0.05, 0) is 55.0 Å². The first-order valence-electron chi connectivity index (χ1n) is 13.2. The van der Waals surface area contributed by atoms with Crippen molar-refractivity contribution in [2.75, 3.05) is 43.9 Å². The molecule has 0 bridgehead atoms. The zero-order chi connectivity index (χ0) is 27.9. The van der Waals surface area contributed by atoms with Crippen LogP contribution in [0.25, 0.3) is 22.3 Å². The van der Waals surface area contributed by atoms with Gasteiger partial charge in [-0.15, -0.1) is 0 Å². The van der Waals surface area contributed by atoms with Crippen molar-refractivity contribution in [3.63, 3.8) is 0 Å². The van der Waals surface area contributed by atoms with Gasteiger partial charge in [0, 0.05) is 56.1 Å². The van der Waals surface area contributed by atoms with Crippen molar-refractivity contribution >= 4 is 32.5 Å². The summed E-state index contributed by atoms with van der Waals surface area (Å²) in [4.78, 5) is 29.5. The molecule has 0 radical (unpaired) electrons. The Morgan fingerprint density at radius 2 is 1.90 bits per heavy atom. The summed E-state index contributed by atoms with van der Waals surface area (Å²) in [6.45, 7) is 6.57. The third-order valence-corrected chi connectivity index (χ3v) is 8.77. The van der Waals surface area contributed by atoms with Gasteiger partial charge in [0.2, 0.25) is 0 Å². The molecule has 0 unspecified atom stereocenters. The topological polar surface area (TPSA) is 129 Å². The molecule has 4 aromatic rings. The highest BCUT2D eigenvalue weighted by molar-refractivity contribution is 7.90. The standard InChI is InChI=1S/C29H31N7O3S/c1-19-6-7-20(12-26(19)40(2,38)39)28(37)32-15-22-13-25-21(14-31-22)8-9-24(34-25)23-4-3-5-27(35-23)36-11-10-33-29(18-36)16-30-17-29/h3-9,12-14,30,33H,10-11,15-18H2,1-2H3,(H,32,37). The summed E-state index contributed by atoms with van der Waals surface area (Å²) in [6, 6.07) is 16.5. The van der Waals surface area contributed by atoms with E-state index in [2.05, 4.69) is 25.8 Å². The van der Waals surface area contributed by atoms with Crippen molar-refractivity contribution in [3.05, 3.63) is 77.6 Å². The first-order valence-corrected chi connectivity index (χ1v) is 15.1. The lowest BCUT2D eigenvalue weighted by atomic mass is 9.90. The number of aromatic nitrogens is 3. The highest BCUT2D eigenvalue weighted by Crippen LogP contribution is 2.25. The zero-order valence-corrected chi connectivity index (χ0v) is 23.3. The molecule has 3 N–H and O–H groups in total. The third-order valence-electron chi connectivity index (χ3n) is 7.53. The predicted octanol–water partition coefficient (Wildman–Crippen LogP) is 2.09. The number of rotatable bonds is 6. The molecule has 1 aromatic carbocycles. The number of carbonyl (C=O) groups is 1. The van der Waals surface area contributed by atoms with Crippen LogP contribution in [0.4, 0.5) is 5.82 Å². The average Bonchev–Trinajstić information content (AvgIpc) is 2.94. The van der Waals surface area contributed by atoms with E-state index in [0.29, 0.717) is 11.3 Å². The van der Waals surface area contributed by atoms with Crippen LogP contribution >= 0.6 is 0 Å². The van der Waals surface area contributed by atoms with Crippen molar-refractivity contribution in [2.45, 2.75) is 23.9 Å². The van der Waals surface area contributed by atoms with Gasteiger partial charge in [0.25, 0.3) is 5.91 Å². The molecule has 3 aromatic heterocycles. The van der Waals surface area contributed by atoms with Crippen LogP contribution in [0.3, 0.4) is 0 Å². The Bertz CT molecular complexity index is 1720. The Labute approximate surface area is 233 Å². The van der Waals surface area contributed by atoms with E-state index in [1.807, 2.05) is 36.4 Å². The van der Waals surface area contributed by atoms with Crippen LogP contribution in [-0.2, 0) is 16.4 Å². The summed E-state index contributed by atoms with van der Waals surface area (Å²) >= 11 is 0. The van der Waals surface area contributed by atoms with Gasteiger partial charge >= 0.3 is 0 Å². The number of amides is 1. The van der Waals surface area contributed by atoms with Crippen LogP contribution in [0.5, 0.6) is 0 Å². The van der Waals surface area contributed by atoms with Crippen LogP contribution in [-0.4, -0.2) is 73.8 Å². The maximum Gasteiger partial charge on any atom is 0.251 e. The summed E-state index contributed by atoms with van der Waals surface area (Å²) in [5.74, 6) is 0.572. The molecule has 0 saturated carbocycles. The molecule has 1 spiro atoms. The summed E-state index contributed by atoms with van der Waals surface area (Å²) in [5.41, 5.74) is 3.96. The van der Waals surface area contributed by atoms with Gasteiger partial charge < -0.3 is 20.9 Å². The van der Waals surface area contributed by atoms with Crippen molar-refractivity contribution in [1.29, 1.82) is 0 Å². The Morgan fingerprint density at radius 1 is 1.07 bits per heavy atom. The number of anilines is 1. The molecule has 10 nitrogen and oxygen atoms in total. The van der Waals surface area contributed by atoms with Gasteiger partial charge in [0.15, 0.2) is 9.84 Å². The number of aryl methyl sites for hydroxylation is 1. The molecule has 2 saturated heterocycles. The van der Waals surface area contributed by atoms with Crippen molar-refractivity contribution in [3.8, 4) is 11.4 Å². The number of pyridine rings is 3. The molecule has 2 aliphatic rings. The van der Waals surface area contributed by atoms with Gasteiger partial charge in [-0.1, -0.05) is 12.1 Å². The van der Waals surface area contributed by atoms with Crippen LogP contribution < -0.4 is 20.9 Å². The Balaban J connectivity index is 1.19. The summed E-state index contributed by atoms with van der Waals surface area (Å²) < 4.78 is 24.1. The fourth-order valence-corrected chi connectivity index (χ4v) is 6.26. The second kappa shape index (κ2) is 10.2. The van der Waals surface area contributed by atoms with E-state index in [9.17, 15) is 13.2 Å². The number of piperazine rings is 1. The van der Waals surface area contributed by atoms with Crippen molar-refractivity contribution in [1.82, 2.24) is 30.9 Å². The number of nitrogens with one attached hydrogen (secondary N) is 3. The Hall–Kier alpha value is -3.93. The van der Waals surface area contributed by atoms with Crippen LogP contribution in [0, 0.1) is 6.92 Å². The Morgan fingerprint density at radius 3 is 2.67 bits per heavy atom. The molecule has 0 aliphatic carbocycles. The molecule has 0 atom stereocenters. The molecule has 1 amide bonds. The second-order valence-corrected chi connectivity index (χ2v) is 12.6. The van der Waals surface area contributed by atoms with Crippen molar-refractivity contribution in [2.24, 2.45) is 0 Å². The molecule has 2 aliphatic heterocycles. The molecule has 6 rings (SSSR count). The smallest absolute Gasteiger partial charge is 0.251 e. The highest BCUT2D eigenvalue weighted by atomic mass is 32.2. The lowest BCUT2D eigenvalue weighted by Crippen LogP contribution is -2.75. The summed E-state index contributed by atoms with van der Waals surface area (Å²) in [7, 11) is -3.43. The largest absolute Gasteiger partial charge is 0.353 e. The van der Waals surface area contributed by atoms with E-state index in [1.54, 1.807) is 25.3 Å². The second-order valence-electron chi connectivity index (χ2n) is 10.6. The van der Waals surface area contributed by atoms with E-state index in [0.717, 1.165) is 67.1 Å². The zero-order valence-electron chi connectivity index (χ0n) is 22.4. The first-order chi connectivity index (χ1) is 19.2. The van der Waals surface area contributed by atoms with E-state index in [-0.39, 0.29) is 28.4 Å². The van der Waals surface area contributed by atoms with E-state index < -0.39 is 9.84 Å². The lowest BCUT2D eigenvalue weighted by Gasteiger charge is -2.50. The summed E-state index contributed by atoms with van der Waals surface area (Å²) in [6.07, 6.45) is 2.87. The predicted molar refractivity (Wildman–Crippen MR) is 154 cm³/mol. The number of nitrogens with zero attached hydrogens (tertiary/aromatic N) is 4. The van der Waals surface area contributed by atoms with E-state index >= 15 is 0 Å². The number of hydrogen-bond acceptors (Lipinski definition) is 9. The van der Waals surface area contributed by atoms with Gasteiger partial charge in [-0.3, -0.25) is 9.78 Å². The van der Waals surface area contributed by atoms with E-state index in [1.165, 1.54) is 6.07 Å². The summed E-state index contributed by atoms with van der Waals surface area (Å²) in [5, 5.41) is 10.7. The minimum Gasteiger partial charge on any atom is -0.353 e. The number of benzene rings is 1. The molecule has 2 fully saturated rings. The average molecular weight is 558 g/mol. The minimum absolute atomic E-state index is 0.130. The molecular formula is C29H31N7O3S. The van der Waals surface area contributed by atoms with Crippen LogP contribution in [0.2, 0.25) is 0 Å². The molecule has 206 valence electrons. The lowest BCUT2D eigenvalue weighted by molar-refractivity contribution is 0.0950. The molecule has 5 heterocycles. The molecule has 40 heavy (non-hydrogen) atoms. The van der Waals surface area contributed by atoms with Crippen molar-refractivity contribution < 1.29 is 13.2 Å². The van der Waals surface area contributed by atoms with Gasteiger partial charge in [-0.2, -0.15) is 0 Å². The first kappa shape index (κ1) is 26.3. The van der Waals surface area contributed by atoms with E-state index in [4.69, 9.17) is 9.97 Å². The third kappa shape index (κ3) is 5.27. The van der Waals surface area contributed by atoms with Gasteiger partial charge in [0.1, 0.15) is 5.82 Å². The van der Waals surface area contributed by atoms with Crippen LogP contribution in [0.1, 0.15) is 21.6 Å². The highest BCUT2D eigenvalue weighted by Gasteiger charge is 2.40. The molecule has 11 heteroatoms. The number of carbonyl (C=O) groups excluding carboxylic acids is 1. The fourth-order valence-electron chi connectivity index (χ4n) is 5.27. The number of sulfone groups is 1. The number of fused-ring (bicyclic) bond motifs is 1. The normalized spacial score (nSPS) is 16.6. The quantitative estimate of drug-likeness (QED) is 0.326. The maximum atomic E-state index is 12.8. The Kier molecular flexibility index (Phi) is 6.73. The fraction of sp³-hybridized carbons (Fsp3) is 0.310. The SMILES string of the molecule is Cc1ccc(C(=O)NCc2cc3nc(-c4cccc(N5CCNC6(CNC6)C5)n4)ccc3cn2)cc1S(C)(=O)=O. The monoisotopic (exact) mass is 557 g/mol. The molecular weight excluding hydrogens is 526 g/mol. The maximum absolute atomic E-state index is 12.8. The van der Waals surface area contributed by atoms with Gasteiger partial charge in [0.05, 0.1) is 39.6 Å².